The molecule has 7 nitrogen and oxygen atoms in total. The third-order valence-corrected chi connectivity index (χ3v) is 6.80. The lowest BCUT2D eigenvalue weighted by Crippen LogP contribution is -2.32. The monoisotopic (exact) mass is 489 g/mol. The summed E-state index contributed by atoms with van der Waals surface area (Å²) in [4.78, 5) is 35.8. The van der Waals surface area contributed by atoms with E-state index in [-0.39, 0.29) is 10.7 Å². The van der Waals surface area contributed by atoms with Gasteiger partial charge < -0.3 is 10.2 Å². The summed E-state index contributed by atoms with van der Waals surface area (Å²) in [5.41, 5.74) is -1.69. The van der Waals surface area contributed by atoms with Gasteiger partial charge in [-0.1, -0.05) is 22.9 Å². The summed E-state index contributed by atoms with van der Waals surface area (Å²) < 4.78 is 41.0. The fourth-order valence-corrected chi connectivity index (χ4v) is 5.14. The minimum Gasteiger partial charge on any atom is -0.346 e. The molecular formula is C18H15ClF3N5O2S2. The Morgan fingerprint density at radius 1 is 1.26 bits per heavy atom. The Morgan fingerprint density at radius 3 is 2.71 bits per heavy atom. The number of hydrogen-bond acceptors (Lipinski definition) is 7. The predicted octanol–water partition coefficient (Wildman–Crippen LogP) is 3.72. The second kappa shape index (κ2) is 8.67. The highest BCUT2D eigenvalue weighted by atomic mass is 35.5. The fraction of sp³-hybridized carbons (Fsp3) is 0.333. The lowest BCUT2D eigenvalue weighted by Gasteiger charge is -2.25. The van der Waals surface area contributed by atoms with Crippen molar-refractivity contribution in [1.29, 1.82) is 0 Å². The number of nitrogens with one attached hydrogen (secondary N) is 1. The Balaban J connectivity index is 1.56. The van der Waals surface area contributed by atoms with Crippen LogP contribution in [0.1, 0.15) is 5.56 Å². The van der Waals surface area contributed by atoms with Crippen molar-refractivity contribution < 1.29 is 18.0 Å². The quantitative estimate of drug-likeness (QED) is 0.601. The zero-order valence-corrected chi connectivity index (χ0v) is 18.2. The van der Waals surface area contributed by atoms with Crippen LogP contribution >= 0.6 is 34.7 Å². The first-order chi connectivity index (χ1) is 14.7. The van der Waals surface area contributed by atoms with Crippen molar-refractivity contribution in [2.75, 3.05) is 34.8 Å². The van der Waals surface area contributed by atoms with Crippen LogP contribution in [-0.4, -0.2) is 45.0 Å². The standard InChI is InChI=1S/C18H15ClF3N5O2S2/c19-10-1-2-12(11(7-10)18(20,21)22)24-13(28)8-27-9-23-15-14(16(27)29)31-17(25-15)26-3-5-30-6-4-26/h1-2,7,9H,3-6,8H2,(H,24,28). The summed E-state index contributed by atoms with van der Waals surface area (Å²) >= 11 is 8.69. The van der Waals surface area contributed by atoms with Crippen LogP contribution in [-0.2, 0) is 17.5 Å². The molecule has 1 saturated heterocycles. The minimum absolute atomic E-state index is 0.107. The molecule has 3 aromatic rings. The number of nitrogens with zero attached hydrogens (tertiary/aromatic N) is 4. The average molecular weight is 490 g/mol. The number of aromatic nitrogens is 3. The smallest absolute Gasteiger partial charge is 0.346 e. The molecule has 0 saturated carbocycles. The summed E-state index contributed by atoms with van der Waals surface area (Å²) in [7, 11) is 0. The first-order valence-electron chi connectivity index (χ1n) is 9.07. The number of fused-ring (bicyclic) bond motifs is 1. The number of halogens is 4. The number of benzene rings is 1. The Bertz CT molecular complexity index is 1190. The SMILES string of the molecule is O=C(Cn1cnc2nc(N3CCSCC3)sc2c1=O)Nc1ccc(Cl)cc1C(F)(F)F. The molecule has 1 amide bonds. The lowest BCUT2D eigenvalue weighted by molar-refractivity contribution is -0.137. The average Bonchev–Trinajstić information content (AvgIpc) is 3.17. The van der Waals surface area contributed by atoms with E-state index in [1.807, 2.05) is 11.8 Å². The van der Waals surface area contributed by atoms with Gasteiger partial charge in [0.15, 0.2) is 10.8 Å². The summed E-state index contributed by atoms with van der Waals surface area (Å²) in [5, 5.41) is 2.78. The molecule has 0 bridgehead atoms. The number of carbonyl (C=O) groups excluding carboxylic acids is 1. The summed E-state index contributed by atoms with van der Waals surface area (Å²) in [6, 6.07) is 3.04. The van der Waals surface area contributed by atoms with Crippen molar-refractivity contribution >= 4 is 61.8 Å². The third-order valence-electron chi connectivity index (χ3n) is 4.53. The van der Waals surface area contributed by atoms with Gasteiger partial charge in [0.1, 0.15) is 17.6 Å². The van der Waals surface area contributed by atoms with Crippen molar-refractivity contribution in [2.45, 2.75) is 12.7 Å². The van der Waals surface area contributed by atoms with Crippen LogP contribution in [0.2, 0.25) is 5.02 Å². The van der Waals surface area contributed by atoms with E-state index in [9.17, 15) is 22.8 Å². The molecule has 1 aliphatic heterocycles. The Kier molecular flexibility index (Phi) is 6.13. The first-order valence-corrected chi connectivity index (χ1v) is 11.4. The van der Waals surface area contributed by atoms with Gasteiger partial charge in [0.2, 0.25) is 5.91 Å². The van der Waals surface area contributed by atoms with E-state index in [1.54, 1.807) is 0 Å². The Morgan fingerprint density at radius 2 is 2.00 bits per heavy atom. The maximum atomic E-state index is 13.2. The molecule has 4 rings (SSSR count). The topological polar surface area (TPSA) is 80.1 Å². The maximum absolute atomic E-state index is 13.2. The van der Waals surface area contributed by atoms with E-state index in [2.05, 4.69) is 20.2 Å². The molecule has 2 aromatic heterocycles. The molecular weight excluding hydrogens is 475 g/mol. The zero-order chi connectivity index (χ0) is 22.2. The number of carbonyl (C=O) groups is 1. The van der Waals surface area contributed by atoms with Crippen LogP contribution in [0, 0.1) is 0 Å². The van der Waals surface area contributed by atoms with Crippen LogP contribution in [0.4, 0.5) is 24.0 Å². The number of rotatable bonds is 4. The number of thioether (sulfide) groups is 1. The summed E-state index contributed by atoms with van der Waals surface area (Å²) in [5.74, 6) is 1.14. The number of alkyl halides is 3. The van der Waals surface area contributed by atoms with Gasteiger partial charge in [0, 0.05) is 29.6 Å². The van der Waals surface area contributed by atoms with Gasteiger partial charge in [-0.2, -0.15) is 29.9 Å². The maximum Gasteiger partial charge on any atom is 0.418 e. The molecule has 31 heavy (non-hydrogen) atoms. The van der Waals surface area contributed by atoms with E-state index in [0.29, 0.717) is 9.83 Å². The van der Waals surface area contributed by atoms with Gasteiger partial charge in [-0.15, -0.1) is 0 Å². The molecule has 164 valence electrons. The molecule has 1 N–H and O–H groups in total. The molecule has 3 heterocycles. The van der Waals surface area contributed by atoms with Gasteiger partial charge in [0.25, 0.3) is 5.56 Å². The molecule has 0 spiro atoms. The Hall–Kier alpha value is -2.31. The highest BCUT2D eigenvalue weighted by molar-refractivity contribution is 7.99. The van der Waals surface area contributed by atoms with E-state index in [1.165, 1.54) is 23.7 Å². The number of hydrogen-bond donors (Lipinski definition) is 1. The van der Waals surface area contributed by atoms with Crippen LogP contribution in [0.3, 0.4) is 0 Å². The number of anilines is 2. The second-order valence-corrected chi connectivity index (χ2v) is 9.30. The normalized spacial score (nSPS) is 14.8. The first kappa shape index (κ1) is 21.9. The lowest BCUT2D eigenvalue weighted by atomic mass is 10.1. The second-order valence-electron chi connectivity index (χ2n) is 6.66. The molecule has 0 radical (unpaired) electrons. The van der Waals surface area contributed by atoms with Crippen molar-refractivity contribution in [3.05, 3.63) is 45.5 Å². The highest BCUT2D eigenvalue weighted by Crippen LogP contribution is 2.36. The van der Waals surface area contributed by atoms with Crippen LogP contribution in [0.5, 0.6) is 0 Å². The van der Waals surface area contributed by atoms with Gasteiger partial charge in [-0.3, -0.25) is 14.2 Å². The molecule has 13 heteroatoms. The number of amides is 1. The third kappa shape index (κ3) is 4.80. The molecule has 1 aromatic carbocycles. The van der Waals surface area contributed by atoms with E-state index in [0.717, 1.165) is 41.3 Å². The fourth-order valence-electron chi connectivity index (χ4n) is 3.04. The highest BCUT2D eigenvalue weighted by Gasteiger charge is 2.34. The molecule has 0 atom stereocenters. The predicted molar refractivity (Wildman–Crippen MR) is 116 cm³/mol. The van der Waals surface area contributed by atoms with Gasteiger partial charge >= 0.3 is 6.18 Å². The van der Waals surface area contributed by atoms with Crippen molar-refractivity contribution in [3.8, 4) is 0 Å². The van der Waals surface area contributed by atoms with Crippen LogP contribution in [0.25, 0.3) is 10.3 Å². The van der Waals surface area contributed by atoms with Gasteiger partial charge in [0.05, 0.1) is 11.3 Å². The molecule has 1 fully saturated rings. The van der Waals surface area contributed by atoms with E-state index in [4.69, 9.17) is 11.6 Å². The van der Waals surface area contributed by atoms with Crippen molar-refractivity contribution in [2.24, 2.45) is 0 Å². The summed E-state index contributed by atoms with van der Waals surface area (Å²) in [6.45, 7) is 1.16. The largest absolute Gasteiger partial charge is 0.418 e. The summed E-state index contributed by atoms with van der Waals surface area (Å²) in [6.07, 6.45) is -3.52. The molecule has 1 aliphatic rings. The van der Waals surface area contributed by atoms with Crippen LogP contribution in [0.15, 0.2) is 29.3 Å². The van der Waals surface area contributed by atoms with Crippen molar-refractivity contribution in [3.63, 3.8) is 0 Å². The van der Waals surface area contributed by atoms with Crippen molar-refractivity contribution in [1.82, 2.24) is 14.5 Å². The zero-order valence-electron chi connectivity index (χ0n) is 15.8. The molecule has 0 unspecified atom stereocenters. The van der Waals surface area contributed by atoms with Gasteiger partial charge in [-0.05, 0) is 18.2 Å². The van der Waals surface area contributed by atoms with E-state index < -0.39 is 35.4 Å². The van der Waals surface area contributed by atoms with Crippen LogP contribution < -0.4 is 15.8 Å². The molecule has 0 aliphatic carbocycles. The van der Waals surface area contributed by atoms with E-state index >= 15 is 0 Å². The number of thiazole rings is 1. The minimum atomic E-state index is -4.70. The van der Waals surface area contributed by atoms with Gasteiger partial charge in [-0.25, -0.2) is 4.98 Å². The Labute approximate surface area is 187 Å².